The maximum Gasteiger partial charge on any atom is 0.0431 e. The molecule has 0 heterocycles. The van der Waals surface area contributed by atoms with E-state index in [0.29, 0.717) is 6.61 Å². The van der Waals surface area contributed by atoms with E-state index in [2.05, 4.69) is 13.3 Å². The maximum absolute atomic E-state index is 8.62. The van der Waals surface area contributed by atoms with Crippen LogP contribution in [0.4, 0.5) is 0 Å². The van der Waals surface area contributed by atoms with Gasteiger partial charge in [-0.25, -0.2) is 0 Å². The topological polar surface area (TPSA) is 20.2 Å². The summed E-state index contributed by atoms with van der Waals surface area (Å²) in [5, 5.41) is 8.62. The Morgan fingerprint density at radius 2 is 1.12 bits per heavy atom. The van der Waals surface area contributed by atoms with Gasteiger partial charge in [0.1, 0.15) is 0 Å². The smallest absolute Gasteiger partial charge is 0.0431 e. The molecule has 0 spiro atoms. The zero-order valence-corrected chi connectivity index (χ0v) is 11.9. The number of hydrogen-bond donors (Lipinski definition) is 1. The summed E-state index contributed by atoms with van der Waals surface area (Å²) >= 11 is 0. The van der Waals surface area contributed by atoms with Crippen molar-refractivity contribution in [1.82, 2.24) is 0 Å². The minimum atomic E-state index is 0.342. The summed E-state index contributed by atoms with van der Waals surface area (Å²) in [6.07, 6.45) is 19.8. The van der Waals surface area contributed by atoms with Gasteiger partial charge in [0.15, 0.2) is 0 Å². The Morgan fingerprint density at radius 3 is 1.65 bits per heavy atom. The summed E-state index contributed by atoms with van der Waals surface area (Å²) < 4.78 is 0. The average molecular weight is 241 g/mol. The first-order valence-corrected chi connectivity index (χ1v) is 7.84. The standard InChI is InChI=1S/C16H33O/c1-2-3-4-5-6-7-8-9-10-11-12-13-14-15-16-17/h13,17H,2-12,14-16H2,1H3. The molecule has 0 aliphatic rings. The number of aliphatic hydroxyl groups is 1. The summed E-state index contributed by atoms with van der Waals surface area (Å²) in [4.78, 5) is 0. The van der Waals surface area contributed by atoms with E-state index in [0.717, 1.165) is 12.8 Å². The van der Waals surface area contributed by atoms with Crippen molar-refractivity contribution in [2.75, 3.05) is 6.61 Å². The van der Waals surface area contributed by atoms with Crippen molar-refractivity contribution in [2.45, 2.75) is 90.4 Å². The Kier molecular flexibility index (Phi) is 15.9. The Morgan fingerprint density at radius 1 is 0.647 bits per heavy atom. The van der Waals surface area contributed by atoms with E-state index < -0.39 is 0 Å². The summed E-state index contributed by atoms with van der Waals surface area (Å²) in [6, 6.07) is 0. The molecule has 0 saturated heterocycles. The largest absolute Gasteiger partial charge is 0.396 e. The van der Waals surface area contributed by atoms with Crippen LogP contribution in [-0.2, 0) is 0 Å². The van der Waals surface area contributed by atoms with Crippen LogP contribution >= 0.6 is 0 Å². The zero-order valence-electron chi connectivity index (χ0n) is 11.9. The maximum atomic E-state index is 8.62. The minimum Gasteiger partial charge on any atom is -0.396 e. The monoisotopic (exact) mass is 241 g/mol. The van der Waals surface area contributed by atoms with Gasteiger partial charge in [0.25, 0.3) is 0 Å². The van der Waals surface area contributed by atoms with Gasteiger partial charge in [-0.3, -0.25) is 0 Å². The van der Waals surface area contributed by atoms with Crippen molar-refractivity contribution in [3.8, 4) is 0 Å². The third-order valence-electron chi connectivity index (χ3n) is 3.33. The van der Waals surface area contributed by atoms with Crippen LogP contribution in [0.2, 0.25) is 0 Å². The first kappa shape index (κ1) is 17.0. The second-order valence-electron chi connectivity index (χ2n) is 5.13. The van der Waals surface area contributed by atoms with Crippen LogP contribution in [0, 0.1) is 6.42 Å². The average Bonchev–Trinajstić information content (AvgIpc) is 2.35. The molecule has 0 atom stereocenters. The number of aliphatic hydroxyl groups excluding tert-OH is 1. The predicted molar refractivity (Wildman–Crippen MR) is 77.1 cm³/mol. The summed E-state index contributed by atoms with van der Waals surface area (Å²) in [7, 11) is 0. The van der Waals surface area contributed by atoms with Gasteiger partial charge >= 0.3 is 0 Å². The first-order valence-electron chi connectivity index (χ1n) is 7.84. The van der Waals surface area contributed by atoms with Crippen LogP contribution in [0.1, 0.15) is 90.4 Å². The lowest BCUT2D eigenvalue weighted by molar-refractivity contribution is 0.287. The molecule has 0 amide bonds. The Labute approximate surface area is 109 Å². The van der Waals surface area contributed by atoms with E-state index in [1.165, 1.54) is 70.6 Å². The van der Waals surface area contributed by atoms with Gasteiger partial charge < -0.3 is 5.11 Å². The van der Waals surface area contributed by atoms with Gasteiger partial charge in [-0.1, -0.05) is 77.6 Å². The molecule has 1 nitrogen and oxygen atoms in total. The van der Waals surface area contributed by atoms with E-state index in [4.69, 9.17) is 5.11 Å². The number of unbranched alkanes of at least 4 members (excludes halogenated alkanes) is 13. The third kappa shape index (κ3) is 16.0. The lowest BCUT2D eigenvalue weighted by Crippen LogP contribution is -1.85. The Hall–Kier alpha value is -0.0400. The normalized spacial score (nSPS) is 10.9. The summed E-state index contributed by atoms with van der Waals surface area (Å²) in [5.74, 6) is 0. The fraction of sp³-hybridized carbons (Fsp3) is 0.938. The molecule has 0 aromatic rings. The highest BCUT2D eigenvalue weighted by molar-refractivity contribution is 4.63. The molecule has 0 saturated carbocycles. The molecule has 1 heteroatoms. The van der Waals surface area contributed by atoms with Gasteiger partial charge in [-0.15, -0.1) is 0 Å². The molecule has 0 aromatic carbocycles. The highest BCUT2D eigenvalue weighted by Crippen LogP contribution is 2.12. The van der Waals surface area contributed by atoms with Crippen molar-refractivity contribution < 1.29 is 5.11 Å². The van der Waals surface area contributed by atoms with Crippen molar-refractivity contribution in [3.63, 3.8) is 0 Å². The van der Waals surface area contributed by atoms with Gasteiger partial charge in [0, 0.05) is 6.61 Å². The molecule has 17 heavy (non-hydrogen) atoms. The van der Waals surface area contributed by atoms with E-state index in [-0.39, 0.29) is 0 Å². The second kappa shape index (κ2) is 16.0. The highest BCUT2D eigenvalue weighted by Gasteiger charge is 1.93. The highest BCUT2D eigenvalue weighted by atomic mass is 16.2. The molecule has 1 radical (unpaired) electrons. The van der Waals surface area contributed by atoms with Gasteiger partial charge in [-0.2, -0.15) is 0 Å². The lowest BCUT2D eigenvalue weighted by Gasteiger charge is -2.02. The molecule has 0 rings (SSSR count). The van der Waals surface area contributed by atoms with Crippen LogP contribution < -0.4 is 0 Å². The molecule has 1 N–H and O–H groups in total. The molecular weight excluding hydrogens is 208 g/mol. The first-order chi connectivity index (χ1) is 8.41. The predicted octanol–water partition coefficient (Wildman–Crippen LogP) is 5.27. The van der Waals surface area contributed by atoms with Gasteiger partial charge in [-0.05, 0) is 19.3 Å². The molecular formula is C16H33O. The molecule has 0 aliphatic carbocycles. The van der Waals surface area contributed by atoms with Gasteiger partial charge in [0.2, 0.25) is 0 Å². The fourth-order valence-electron chi connectivity index (χ4n) is 2.16. The summed E-state index contributed by atoms with van der Waals surface area (Å²) in [5.41, 5.74) is 0. The van der Waals surface area contributed by atoms with Crippen LogP contribution in [0.25, 0.3) is 0 Å². The molecule has 0 aliphatic heterocycles. The Balaban J connectivity index is 2.85. The quantitative estimate of drug-likeness (QED) is 0.410. The molecule has 0 aromatic heterocycles. The minimum absolute atomic E-state index is 0.342. The second-order valence-corrected chi connectivity index (χ2v) is 5.13. The van der Waals surface area contributed by atoms with Crippen LogP contribution in [0.3, 0.4) is 0 Å². The molecule has 0 fully saturated rings. The third-order valence-corrected chi connectivity index (χ3v) is 3.33. The number of hydrogen-bond acceptors (Lipinski definition) is 1. The fourth-order valence-corrected chi connectivity index (χ4v) is 2.16. The molecule has 103 valence electrons. The zero-order chi connectivity index (χ0) is 12.6. The van der Waals surface area contributed by atoms with Crippen molar-refractivity contribution in [3.05, 3.63) is 6.42 Å². The molecule has 0 unspecified atom stereocenters. The van der Waals surface area contributed by atoms with E-state index in [1.807, 2.05) is 0 Å². The number of rotatable bonds is 14. The lowest BCUT2D eigenvalue weighted by atomic mass is 10.0. The van der Waals surface area contributed by atoms with E-state index in [9.17, 15) is 0 Å². The summed E-state index contributed by atoms with van der Waals surface area (Å²) in [6.45, 7) is 2.62. The SMILES string of the molecule is CCCCCCCCCCCC[CH]CCCO. The van der Waals surface area contributed by atoms with Crippen LogP contribution in [-0.4, -0.2) is 11.7 Å². The van der Waals surface area contributed by atoms with Crippen molar-refractivity contribution in [1.29, 1.82) is 0 Å². The van der Waals surface area contributed by atoms with Crippen molar-refractivity contribution in [2.24, 2.45) is 0 Å². The Bertz CT molecular complexity index is 109. The molecule has 0 bridgehead atoms. The van der Waals surface area contributed by atoms with E-state index >= 15 is 0 Å². The van der Waals surface area contributed by atoms with Gasteiger partial charge in [0.05, 0.1) is 0 Å². The van der Waals surface area contributed by atoms with Crippen LogP contribution in [0.15, 0.2) is 0 Å². The van der Waals surface area contributed by atoms with Crippen molar-refractivity contribution >= 4 is 0 Å². The van der Waals surface area contributed by atoms with Crippen LogP contribution in [0.5, 0.6) is 0 Å². The van der Waals surface area contributed by atoms with E-state index in [1.54, 1.807) is 0 Å².